The van der Waals surface area contributed by atoms with Gasteiger partial charge in [0.25, 0.3) is 0 Å². The Morgan fingerprint density at radius 3 is 2.61 bits per heavy atom. The van der Waals surface area contributed by atoms with Gasteiger partial charge in [0.2, 0.25) is 10.0 Å². The van der Waals surface area contributed by atoms with Crippen molar-refractivity contribution >= 4 is 49.1 Å². The van der Waals surface area contributed by atoms with Gasteiger partial charge in [-0.1, -0.05) is 6.42 Å². The van der Waals surface area contributed by atoms with Gasteiger partial charge in [-0.25, -0.2) is 13.1 Å². The van der Waals surface area contributed by atoms with E-state index in [4.69, 9.17) is 0 Å². The molecule has 0 spiro atoms. The molecule has 1 fully saturated rings. The highest BCUT2D eigenvalue weighted by Gasteiger charge is 2.37. The Morgan fingerprint density at radius 1 is 1.56 bits per heavy atom. The molecular weight excluding hydrogens is 354 g/mol. The Hall–Kier alpha value is 0.440. The van der Waals surface area contributed by atoms with Gasteiger partial charge >= 0.3 is 0 Å². The Balaban J connectivity index is 2.10. The van der Waals surface area contributed by atoms with Crippen LogP contribution >= 0.6 is 39.0 Å². The minimum atomic E-state index is -3.37. The predicted octanol–water partition coefficient (Wildman–Crippen LogP) is 3.38. The lowest BCUT2D eigenvalue weighted by molar-refractivity contribution is 0.362. The Bertz CT molecular complexity index is 529. The molecule has 102 valence electrons. The molecule has 1 heterocycles. The molecule has 0 bridgehead atoms. The Kier molecular flexibility index (Phi) is 4.48. The zero-order chi connectivity index (χ0) is 13.4. The van der Waals surface area contributed by atoms with Crippen molar-refractivity contribution in [2.45, 2.75) is 35.8 Å². The molecule has 1 aromatic rings. The van der Waals surface area contributed by atoms with Crippen LogP contribution in [0.2, 0.25) is 0 Å². The van der Waals surface area contributed by atoms with Crippen LogP contribution < -0.4 is 4.72 Å². The maximum atomic E-state index is 12.2. The highest BCUT2D eigenvalue weighted by Crippen LogP contribution is 2.42. The van der Waals surface area contributed by atoms with Crippen molar-refractivity contribution in [2.75, 3.05) is 12.8 Å². The minimum absolute atomic E-state index is 0.119. The molecule has 1 N–H and O–H groups in total. The van der Waals surface area contributed by atoms with E-state index in [1.54, 1.807) is 17.8 Å². The van der Waals surface area contributed by atoms with Gasteiger partial charge in [-0.15, -0.1) is 11.3 Å². The third-order valence-electron chi connectivity index (χ3n) is 3.41. The molecule has 0 saturated heterocycles. The molecule has 18 heavy (non-hydrogen) atoms. The van der Waals surface area contributed by atoms with Gasteiger partial charge < -0.3 is 0 Å². The van der Waals surface area contributed by atoms with Crippen LogP contribution in [0.1, 0.15) is 24.1 Å². The molecule has 0 amide bonds. The number of nitrogens with one attached hydrogen (secondary N) is 1. The van der Waals surface area contributed by atoms with Crippen molar-refractivity contribution in [1.29, 1.82) is 0 Å². The SMILES string of the molecule is CSC1(CNS(=O)(=O)c2cc(Br)sc2C)CCC1. The summed E-state index contributed by atoms with van der Waals surface area (Å²) in [7, 11) is -3.37. The normalized spacial score (nSPS) is 18.6. The molecule has 1 aliphatic carbocycles. The summed E-state index contributed by atoms with van der Waals surface area (Å²) < 4.78 is 28.2. The third kappa shape index (κ3) is 2.95. The van der Waals surface area contributed by atoms with Crippen molar-refractivity contribution in [1.82, 2.24) is 4.72 Å². The quantitative estimate of drug-likeness (QED) is 0.864. The van der Waals surface area contributed by atoms with Crippen molar-refractivity contribution in [3.8, 4) is 0 Å². The summed E-state index contributed by atoms with van der Waals surface area (Å²) in [6.07, 6.45) is 5.46. The van der Waals surface area contributed by atoms with Gasteiger partial charge in [-0.2, -0.15) is 11.8 Å². The zero-order valence-corrected chi connectivity index (χ0v) is 14.4. The first kappa shape index (κ1) is 14.8. The first-order valence-corrected chi connectivity index (χ1v) is 10.0. The number of rotatable bonds is 5. The van der Waals surface area contributed by atoms with Crippen molar-refractivity contribution in [3.05, 3.63) is 14.7 Å². The fourth-order valence-corrected chi connectivity index (χ4v) is 6.57. The lowest BCUT2D eigenvalue weighted by atomic mass is 9.84. The molecule has 2 rings (SSSR count). The average molecular weight is 370 g/mol. The fourth-order valence-electron chi connectivity index (χ4n) is 2.03. The van der Waals surface area contributed by atoms with Gasteiger partial charge in [0.1, 0.15) is 0 Å². The molecule has 1 saturated carbocycles. The van der Waals surface area contributed by atoms with E-state index in [1.807, 2.05) is 6.92 Å². The number of thioether (sulfide) groups is 1. The first-order valence-electron chi connectivity index (χ1n) is 5.69. The van der Waals surface area contributed by atoms with Gasteiger partial charge in [0, 0.05) is 16.2 Å². The van der Waals surface area contributed by atoms with Crippen LogP contribution in [-0.4, -0.2) is 26.0 Å². The minimum Gasteiger partial charge on any atom is -0.210 e. The number of thiophene rings is 1. The molecule has 0 unspecified atom stereocenters. The molecule has 3 nitrogen and oxygen atoms in total. The summed E-state index contributed by atoms with van der Waals surface area (Å²) in [5.41, 5.74) is 0. The molecule has 0 aromatic carbocycles. The second kappa shape index (κ2) is 5.44. The van der Waals surface area contributed by atoms with Crippen LogP contribution in [0.5, 0.6) is 0 Å². The Morgan fingerprint density at radius 2 is 2.22 bits per heavy atom. The van der Waals surface area contributed by atoms with E-state index in [2.05, 4.69) is 26.9 Å². The van der Waals surface area contributed by atoms with Crippen molar-refractivity contribution in [2.24, 2.45) is 0 Å². The summed E-state index contributed by atoms with van der Waals surface area (Å²) in [4.78, 5) is 1.22. The van der Waals surface area contributed by atoms with E-state index in [9.17, 15) is 8.42 Å². The molecule has 0 radical (unpaired) electrons. The topological polar surface area (TPSA) is 46.2 Å². The molecule has 0 atom stereocenters. The van der Waals surface area contributed by atoms with E-state index in [0.29, 0.717) is 11.4 Å². The second-order valence-electron chi connectivity index (χ2n) is 4.54. The number of halogens is 1. The van der Waals surface area contributed by atoms with Gasteiger partial charge in [0.15, 0.2) is 0 Å². The van der Waals surface area contributed by atoms with Crippen molar-refractivity contribution in [3.63, 3.8) is 0 Å². The highest BCUT2D eigenvalue weighted by molar-refractivity contribution is 9.11. The second-order valence-corrected chi connectivity index (χ2v) is 10.2. The van der Waals surface area contributed by atoms with Crippen molar-refractivity contribution < 1.29 is 8.42 Å². The number of aryl methyl sites for hydroxylation is 1. The van der Waals surface area contributed by atoms with Crippen LogP contribution in [0.15, 0.2) is 14.7 Å². The molecule has 0 aliphatic heterocycles. The van der Waals surface area contributed by atoms with Gasteiger partial charge in [-0.05, 0) is 48.0 Å². The van der Waals surface area contributed by atoms with E-state index >= 15 is 0 Å². The summed E-state index contributed by atoms with van der Waals surface area (Å²) in [6.45, 7) is 2.36. The average Bonchev–Trinajstić information content (AvgIpc) is 2.57. The third-order valence-corrected chi connectivity index (χ3v) is 8.04. The molecule has 1 aliphatic rings. The largest absolute Gasteiger partial charge is 0.241 e. The number of hydrogen-bond acceptors (Lipinski definition) is 4. The summed E-state index contributed by atoms with van der Waals surface area (Å²) >= 11 is 6.54. The number of sulfonamides is 1. The monoisotopic (exact) mass is 369 g/mol. The van der Waals surface area contributed by atoms with Crippen LogP contribution in [0.4, 0.5) is 0 Å². The number of hydrogen-bond donors (Lipinski definition) is 1. The van der Waals surface area contributed by atoms with E-state index < -0.39 is 10.0 Å². The van der Waals surface area contributed by atoms with E-state index in [-0.39, 0.29) is 4.75 Å². The fraction of sp³-hybridized carbons (Fsp3) is 0.636. The predicted molar refractivity (Wildman–Crippen MR) is 82.0 cm³/mol. The molecule has 7 heteroatoms. The van der Waals surface area contributed by atoms with Gasteiger partial charge in [0.05, 0.1) is 8.68 Å². The van der Waals surface area contributed by atoms with Crippen LogP contribution in [0.25, 0.3) is 0 Å². The zero-order valence-electron chi connectivity index (χ0n) is 10.3. The summed E-state index contributed by atoms with van der Waals surface area (Å²) in [6, 6.07) is 1.68. The first-order chi connectivity index (χ1) is 8.38. The smallest absolute Gasteiger partial charge is 0.210 e. The van der Waals surface area contributed by atoms with Crippen LogP contribution in [0, 0.1) is 6.92 Å². The Labute approximate surface area is 125 Å². The van der Waals surface area contributed by atoms with E-state index in [1.165, 1.54) is 17.8 Å². The maximum Gasteiger partial charge on any atom is 0.241 e. The summed E-state index contributed by atoms with van der Waals surface area (Å²) in [5.74, 6) is 0. The van der Waals surface area contributed by atoms with E-state index in [0.717, 1.165) is 21.5 Å². The highest BCUT2D eigenvalue weighted by atomic mass is 79.9. The van der Waals surface area contributed by atoms with Crippen LogP contribution in [0.3, 0.4) is 0 Å². The standard InChI is InChI=1S/C11H16BrNO2S3/c1-8-9(6-10(12)17-8)18(14,15)13-7-11(16-2)4-3-5-11/h6,13H,3-5,7H2,1-2H3. The molecular formula is C11H16BrNO2S3. The van der Waals surface area contributed by atoms with Gasteiger partial charge in [-0.3, -0.25) is 0 Å². The lowest BCUT2D eigenvalue weighted by Crippen LogP contribution is -2.45. The lowest BCUT2D eigenvalue weighted by Gasteiger charge is -2.40. The molecule has 1 aromatic heterocycles. The maximum absolute atomic E-state index is 12.2. The summed E-state index contributed by atoms with van der Waals surface area (Å²) in [5, 5.41) is 0. The van der Waals surface area contributed by atoms with Crippen LogP contribution in [-0.2, 0) is 10.0 Å².